The van der Waals surface area contributed by atoms with Gasteiger partial charge in [0.15, 0.2) is 5.78 Å². The second kappa shape index (κ2) is 12.6. The van der Waals surface area contributed by atoms with Crippen LogP contribution < -0.4 is 26.2 Å². The molecule has 0 aliphatic carbocycles. The zero-order chi connectivity index (χ0) is 30.6. The summed E-state index contributed by atoms with van der Waals surface area (Å²) >= 11 is 5.98. The first-order valence-electron chi connectivity index (χ1n) is 14.3. The molecule has 3 amide bonds. The zero-order valence-electron chi connectivity index (χ0n) is 24.1. The van der Waals surface area contributed by atoms with E-state index in [-0.39, 0.29) is 11.7 Å². The lowest BCUT2D eigenvalue weighted by atomic mass is 9.99. The predicted molar refractivity (Wildman–Crippen MR) is 177 cm³/mol. The molecule has 2 aliphatic rings. The lowest BCUT2D eigenvalue weighted by Crippen LogP contribution is -2.44. The van der Waals surface area contributed by atoms with Crippen molar-refractivity contribution in [2.24, 2.45) is 0 Å². The molecule has 4 aromatic rings. The molecular formula is C34H31ClN6O3. The molecule has 0 unspecified atom stereocenters. The average Bonchev–Trinajstić information content (AvgIpc) is 3.34. The van der Waals surface area contributed by atoms with Gasteiger partial charge < -0.3 is 31.1 Å². The van der Waals surface area contributed by atoms with Gasteiger partial charge in [0.1, 0.15) is 0 Å². The minimum atomic E-state index is -0.462. The lowest BCUT2D eigenvalue weighted by Gasteiger charge is -2.34. The molecule has 0 aromatic heterocycles. The summed E-state index contributed by atoms with van der Waals surface area (Å²) in [5.74, 6) is -0.486. The van der Waals surface area contributed by atoms with Crippen molar-refractivity contribution in [3.8, 4) is 0 Å². The Kier molecular flexibility index (Phi) is 8.31. The van der Waals surface area contributed by atoms with Gasteiger partial charge in [-0.3, -0.25) is 9.59 Å². The van der Waals surface area contributed by atoms with E-state index in [1.807, 2.05) is 12.1 Å². The van der Waals surface area contributed by atoms with E-state index in [2.05, 4.69) is 50.2 Å². The number of hydrogen-bond donors (Lipinski definition) is 4. The summed E-state index contributed by atoms with van der Waals surface area (Å²) in [6.45, 7) is 4.09. The Bertz CT molecular complexity index is 1760. The number of halogens is 1. The molecule has 10 heteroatoms. The van der Waals surface area contributed by atoms with Crippen LogP contribution in [0.1, 0.15) is 21.5 Å². The Morgan fingerprint density at radius 3 is 2.20 bits per heavy atom. The molecule has 4 N–H and O–H groups in total. The van der Waals surface area contributed by atoms with Crippen LogP contribution in [0.3, 0.4) is 0 Å². The Morgan fingerprint density at radius 2 is 1.48 bits per heavy atom. The van der Waals surface area contributed by atoms with E-state index in [0.717, 1.165) is 31.9 Å². The van der Waals surface area contributed by atoms with Crippen LogP contribution in [0, 0.1) is 0 Å². The van der Waals surface area contributed by atoms with Crippen LogP contribution in [0.2, 0.25) is 5.02 Å². The molecule has 1 saturated heterocycles. The van der Waals surface area contributed by atoms with Gasteiger partial charge in [0.2, 0.25) is 0 Å². The van der Waals surface area contributed by atoms with E-state index in [0.29, 0.717) is 44.3 Å². The number of likely N-dealkylation sites (N-methyl/N-ethyl adjacent to an activating group) is 1. The fourth-order valence-electron chi connectivity index (χ4n) is 5.23. The number of fused-ring (bicyclic) bond motifs is 1. The number of nitrogens with zero attached hydrogens (tertiary/aromatic N) is 2. The monoisotopic (exact) mass is 606 g/mol. The van der Waals surface area contributed by atoms with Gasteiger partial charge in [0.25, 0.3) is 5.91 Å². The number of carbonyl (C=O) groups is 3. The van der Waals surface area contributed by atoms with Gasteiger partial charge in [-0.15, -0.1) is 0 Å². The minimum absolute atomic E-state index is 0.239. The van der Waals surface area contributed by atoms with Gasteiger partial charge in [-0.05, 0) is 67.7 Å². The molecule has 0 saturated carbocycles. The first-order chi connectivity index (χ1) is 21.3. The van der Waals surface area contributed by atoms with Crippen LogP contribution in [0.15, 0.2) is 97.2 Å². The Balaban J connectivity index is 1.11. The summed E-state index contributed by atoms with van der Waals surface area (Å²) in [6.07, 6.45) is 1.69. The van der Waals surface area contributed by atoms with Crippen LogP contribution in [0.5, 0.6) is 0 Å². The molecule has 4 aromatic carbocycles. The highest BCUT2D eigenvalue weighted by molar-refractivity contribution is 6.32. The second-order valence-corrected chi connectivity index (χ2v) is 11.2. The Labute approximate surface area is 260 Å². The second-order valence-electron chi connectivity index (χ2n) is 10.8. The standard InChI is InChI=1S/C34H31ClN6O3/c1-40-14-16-41(17-15-40)28-11-9-25(10-12-28)36-21-30-29-13-8-23(19-31(29)39-33(30)43)32(42)22-4-2-6-26(18-22)37-34(44)38-27-7-3-5-24(35)20-27/h2-13,18-21,36H,14-17H2,1H3,(H,39,43)(H2,37,38,44)/b30-21+. The molecule has 9 nitrogen and oxygen atoms in total. The number of urea groups is 1. The third kappa shape index (κ3) is 6.59. The minimum Gasteiger partial charge on any atom is -0.369 e. The summed E-state index contributed by atoms with van der Waals surface area (Å²) < 4.78 is 0. The first-order valence-corrected chi connectivity index (χ1v) is 14.6. The maximum absolute atomic E-state index is 13.4. The van der Waals surface area contributed by atoms with E-state index in [9.17, 15) is 14.4 Å². The molecule has 1 fully saturated rings. The molecule has 0 spiro atoms. The van der Waals surface area contributed by atoms with Crippen LogP contribution in [0.25, 0.3) is 5.57 Å². The average molecular weight is 607 g/mol. The topological polar surface area (TPSA) is 106 Å². The number of anilines is 5. The SMILES string of the molecule is CN1CCN(c2ccc(N/C=C3/C(=O)Nc4cc(C(=O)c5cccc(NC(=O)Nc6cccc(Cl)c6)c5)ccc43)cc2)CC1. The fraction of sp³-hybridized carbons (Fsp3) is 0.147. The van der Waals surface area contributed by atoms with Crippen molar-refractivity contribution in [1.82, 2.24) is 4.90 Å². The van der Waals surface area contributed by atoms with Gasteiger partial charge in [-0.25, -0.2) is 4.79 Å². The van der Waals surface area contributed by atoms with Crippen LogP contribution >= 0.6 is 11.6 Å². The smallest absolute Gasteiger partial charge is 0.323 e. The quantitative estimate of drug-likeness (QED) is 0.144. The molecule has 0 atom stereocenters. The normalized spacial score (nSPS) is 15.5. The van der Waals surface area contributed by atoms with Crippen molar-refractivity contribution in [2.75, 3.05) is 59.4 Å². The van der Waals surface area contributed by atoms with Crippen molar-refractivity contribution in [3.63, 3.8) is 0 Å². The first kappa shape index (κ1) is 29.0. The molecule has 44 heavy (non-hydrogen) atoms. The van der Waals surface area contributed by atoms with Crippen molar-refractivity contribution in [1.29, 1.82) is 0 Å². The third-order valence-corrected chi connectivity index (χ3v) is 7.88. The van der Waals surface area contributed by atoms with E-state index in [1.54, 1.807) is 72.9 Å². The molecule has 6 rings (SSSR count). The molecule has 0 bridgehead atoms. The molecule has 0 radical (unpaired) electrons. The van der Waals surface area contributed by atoms with Gasteiger partial charge in [0, 0.05) is 82.5 Å². The number of piperazine rings is 1. The summed E-state index contributed by atoms with van der Waals surface area (Å²) in [7, 11) is 2.14. The van der Waals surface area contributed by atoms with E-state index >= 15 is 0 Å². The number of ketones is 1. The highest BCUT2D eigenvalue weighted by atomic mass is 35.5. The summed E-state index contributed by atoms with van der Waals surface area (Å²) in [5, 5.41) is 12.1. The summed E-state index contributed by atoms with van der Waals surface area (Å²) in [5.41, 5.74) is 5.63. The predicted octanol–water partition coefficient (Wildman–Crippen LogP) is 6.37. The van der Waals surface area contributed by atoms with E-state index < -0.39 is 6.03 Å². The number of hydrogen-bond acceptors (Lipinski definition) is 6. The van der Waals surface area contributed by atoms with Crippen molar-refractivity contribution in [3.05, 3.63) is 119 Å². The highest BCUT2D eigenvalue weighted by Crippen LogP contribution is 2.33. The van der Waals surface area contributed by atoms with Crippen molar-refractivity contribution < 1.29 is 14.4 Å². The Hall–Kier alpha value is -5.12. The number of rotatable bonds is 7. The number of benzene rings is 4. The number of nitrogens with one attached hydrogen (secondary N) is 4. The van der Waals surface area contributed by atoms with E-state index in [4.69, 9.17) is 11.6 Å². The maximum Gasteiger partial charge on any atom is 0.323 e. The third-order valence-electron chi connectivity index (χ3n) is 7.65. The van der Waals surface area contributed by atoms with E-state index in [1.165, 1.54) is 5.69 Å². The number of carbonyl (C=O) groups excluding carboxylic acids is 3. The van der Waals surface area contributed by atoms with Crippen LogP contribution in [0.4, 0.5) is 33.2 Å². The zero-order valence-corrected chi connectivity index (χ0v) is 24.8. The molecule has 2 aliphatic heterocycles. The van der Waals surface area contributed by atoms with Crippen molar-refractivity contribution in [2.45, 2.75) is 0 Å². The maximum atomic E-state index is 13.4. The molecule has 222 valence electrons. The van der Waals surface area contributed by atoms with Gasteiger partial charge in [-0.1, -0.05) is 41.9 Å². The summed E-state index contributed by atoms with van der Waals surface area (Å²) in [4.78, 5) is 43.3. The lowest BCUT2D eigenvalue weighted by molar-refractivity contribution is -0.110. The van der Waals surface area contributed by atoms with Gasteiger partial charge in [-0.2, -0.15) is 0 Å². The number of amides is 3. The Morgan fingerprint density at radius 1 is 0.795 bits per heavy atom. The fourth-order valence-corrected chi connectivity index (χ4v) is 5.42. The summed E-state index contributed by atoms with van der Waals surface area (Å²) in [6, 6.07) is 26.3. The largest absolute Gasteiger partial charge is 0.369 e. The molecular weight excluding hydrogens is 576 g/mol. The molecule has 2 heterocycles. The van der Waals surface area contributed by atoms with Gasteiger partial charge >= 0.3 is 6.03 Å². The van der Waals surface area contributed by atoms with Crippen LogP contribution in [-0.4, -0.2) is 55.8 Å². The highest BCUT2D eigenvalue weighted by Gasteiger charge is 2.25. The van der Waals surface area contributed by atoms with Gasteiger partial charge in [0.05, 0.1) is 5.57 Å². The van der Waals surface area contributed by atoms with Crippen LogP contribution in [-0.2, 0) is 4.79 Å². The van der Waals surface area contributed by atoms with Crippen molar-refractivity contribution >= 4 is 63.3 Å².